The summed E-state index contributed by atoms with van der Waals surface area (Å²) in [6.45, 7) is 6.81. The number of hydrogen-bond donors (Lipinski definition) is 0. The summed E-state index contributed by atoms with van der Waals surface area (Å²) in [7, 11) is 0. The van der Waals surface area contributed by atoms with Gasteiger partial charge in [0.2, 0.25) is 0 Å². The van der Waals surface area contributed by atoms with E-state index in [4.69, 9.17) is 9.40 Å². The summed E-state index contributed by atoms with van der Waals surface area (Å²) in [6.07, 6.45) is 2.04. The molecule has 3 aromatic heterocycles. The molecule has 9 rings (SSSR count). The number of imidazole rings is 1. The zero-order valence-electron chi connectivity index (χ0n) is 32.0. The third-order valence-electron chi connectivity index (χ3n) is 9.89. The van der Waals surface area contributed by atoms with Gasteiger partial charge in [0.05, 0.1) is 28.1 Å². The largest absolute Gasteiger partial charge is 0 e. The maximum absolute atomic E-state index is 6.45. The van der Waals surface area contributed by atoms with E-state index >= 15 is 0 Å². The van der Waals surface area contributed by atoms with E-state index in [1.165, 1.54) is 21.1 Å². The van der Waals surface area contributed by atoms with Crippen LogP contribution in [0, 0.1) is 12.1 Å². The predicted octanol–water partition coefficient (Wildman–Crippen LogP) is 12.4. The van der Waals surface area contributed by atoms with Gasteiger partial charge in [0.1, 0.15) is 5.58 Å². The van der Waals surface area contributed by atoms with Crippen LogP contribution in [0.25, 0.3) is 72.4 Å². The Morgan fingerprint density at radius 2 is 1.42 bits per heavy atom. The average Bonchev–Trinajstić information content (AvgIpc) is 3.77. The second-order valence-electron chi connectivity index (χ2n) is 15.7. The third-order valence-corrected chi connectivity index (χ3v) is 14.1. The Morgan fingerprint density at radius 1 is 0.673 bits per heavy atom. The van der Waals surface area contributed by atoms with Gasteiger partial charge in [-0.3, -0.25) is 4.98 Å². The molecule has 275 valence electrons. The van der Waals surface area contributed by atoms with Crippen LogP contribution in [-0.2, 0) is 25.5 Å². The molecular weight excluding hydrogens is 911 g/mol. The predicted molar refractivity (Wildman–Crippen MR) is 228 cm³/mol. The van der Waals surface area contributed by atoms with Crippen molar-refractivity contribution in [2.45, 2.75) is 43.5 Å². The topological polar surface area (TPSA) is 43.9 Å². The van der Waals surface area contributed by atoms with Gasteiger partial charge >= 0.3 is 99.8 Å². The molecule has 55 heavy (non-hydrogen) atoms. The number of hydrogen-bond acceptors (Lipinski definition) is 3. The maximum Gasteiger partial charge on any atom is 0 e. The van der Waals surface area contributed by atoms with Crippen LogP contribution in [0.2, 0.25) is 17.3 Å². The molecule has 3 heterocycles. The standard InChI is InChI=1S/C35H27N2O.C14H16GeN.Ir/c1-35(2,3)28-19-12-16-24(23-13-5-4-6-14-23)32(28)37-30-21-9-8-20-29(30)36-34(37)27-18-11-17-26-25-15-7-10-22-31(25)38-33(26)27;1-15(2,3)13-9-10-14(16-11-13)12-7-5-4-6-8-12;/h4-17,19-22H,1-3H3;4-7,9-11H,1-3H3;/q2*-1;. The van der Waals surface area contributed by atoms with Crippen LogP contribution < -0.4 is 4.40 Å². The molecule has 0 atom stereocenters. The van der Waals surface area contributed by atoms with Crippen molar-refractivity contribution in [1.29, 1.82) is 0 Å². The monoisotopic (exact) mass is 956 g/mol. The Balaban J connectivity index is 0.000000231. The summed E-state index contributed by atoms with van der Waals surface area (Å²) in [6, 6.07) is 56.8. The maximum atomic E-state index is 6.45. The van der Waals surface area contributed by atoms with Crippen LogP contribution in [0.15, 0.2) is 156 Å². The molecular formula is C49H43GeIrN3O-2. The fourth-order valence-corrected chi connectivity index (χ4v) is 9.24. The number of rotatable bonds is 5. The van der Waals surface area contributed by atoms with E-state index in [0.29, 0.717) is 0 Å². The summed E-state index contributed by atoms with van der Waals surface area (Å²) < 4.78 is 10.2. The van der Waals surface area contributed by atoms with Crippen molar-refractivity contribution in [2.24, 2.45) is 0 Å². The van der Waals surface area contributed by atoms with Gasteiger partial charge in [-0.15, -0.1) is 18.2 Å². The van der Waals surface area contributed by atoms with Crippen LogP contribution in [0.4, 0.5) is 0 Å². The Labute approximate surface area is 340 Å². The number of aromatic nitrogens is 3. The summed E-state index contributed by atoms with van der Waals surface area (Å²) in [5, 5.41) is 2.17. The summed E-state index contributed by atoms with van der Waals surface area (Å²) in [5.74, 6) is 7.96. The fourth-order valence-electron chi connectivity index (χ4n) is 7.07. The second kappa shape index (κ2) is 15.6. The minimum absolute atomic E-state index is 0. The van der Waals surface area contributed by atoms with Crippen LogP contribution in [0.1, 0.15) is 26.3 Å². The Bertz CT molecular complexity index is 2720. The fraction of sp³-hybridized carbons (Fsp3) is 0.143. The molecule has 4 nitrogen and oxygen atoms in total. The smallest absolute Gasteiger partial charge is 0 e. The number of fused-ring (bicyclic) bond motifs is 4. The van der Waals surface area contributed by atoms with Crippen LogP contribution in [0.5, 0.6) is 0 Å². The molecule has 1 radical (unpaired) electrons. The molecule has 6 heteroatoms. The molecule has 9 aromatic rings. The van der Waals surface area contributed by atoms with Crippen LogP contribution in [0.3, 0.4) is 0 Å². The van der Waals surface area contributed by atoms with Gasteiger partial charge in [0.15, 0.2) is 0 Å². The van der Waals surface area contributed by atoms with Gasteiger partial charge in [0, 0.05) is 31.1 Å². The van der Waals surface area contributed by atoms with E-state index in [1.54, 1.807) is 0 Å². The Hall–Kier alpha value is -5.07. The van der Waals surface area contributed by atoms with Crippen molar-refractivity contribution in [2.75, 3.05) is 0 Å². The normalized spacial score (nSPS) is 11.7. The van der Waals surface area contributed by atoms with Gasteiger partial charge in [-0.2, -0.15) is 0 Å². The van der Waals surface area contributed by atoms with E-state index < -0.39 is 13.3 Å². The first-order chi connectivity index (χ1) is 26.1. The number of pyridine rings is 1. The van der Waals surface area contributed by atoms with E-state index in [1.807, 2.05) is 54.7 Å². The molecule has 0 saturated carbocycles. The second-order valence-corrected chi connectivity index (χ2v) is 26.4. The molecule has 0 saturated heterocycles. The number of benzene rings is 6. The van der Waals surface area contributed by atoms with Crippen LogP contribution in [-0.4, -0.2) is 27.8 Å². The van der Waals surface area contributed by atoms with Gasteiger partial charge in [-0.25, -0.2) is 0 Å². The quantitative estimate of drug-likeness (QED) is 0.128. The van der Waals surface area contributed by atoms with Crippen LogP contribution >= 0.6 is 0 Å². The van der Waals surface area contributed by atoms with Crippen molar-refractivity contribution < 1.29 is 24.5 Å². The molecule has 0 amide bonds. The van der Waals surface area contributed by atoms with Gasteiger partial charge in [-0.05, 0) is 34.7 Å². The van der Waals surface area contributed by atoms with Crippen molar-refractivity contribution in [3.05, 3.63) is 169 Å². The number of nitrogens with zero attached hydrogens (tertiary/aromatic N) is 3. The first-order valence-corrected chi connectivity index (χ1v) is 25.8. The first-order valence-electron chi connectivity index (χ1n) is 18.5. The molecule has 0 aliphatic heterocycles. The van der Waals surface area contributed by atoms with E-state index in [-0.39, 0.29) is 25.5 Å². The zero-order chi connectivity index (χ0) is 37.5. The molecule has 0 spiro atoms. The van der Waals surface area contributed by atoms with Gasteiger partial charge < -0.3 is 8.98 Å². The molecule has 0 bridgehead atoms. The van der Waals surface area contributed by atoms with E-state index in [0.717, 1.165) is 61.3 Å². The molecule has 6 aromatic carbocycles. The minimum Gasteiger partial charge on any atom is 0 e. The SMILES string of the molecule is CC(C)(C)c1cccc(-c2ccccc2)c1-n1c(-c2[c-]ccc3c2oc2ccccc23)nc2ccccc21.[CH3][Ge]([CH3])([CH3])[c]1ccc(-c2[c-]cccc2)nc1.[Ir]. The van der Waals surface area contributed by atoms with Crippen molar-refractivity contribution in [1.82, 2.24) is 14.5 Å². The summed E-state index contributed by atoms with van der Waals surface area (Å²) >= 11 is -1.72. The summed E-state index contributed by atoms with van der Waals surface area (Å²) in [4.78, 5) is 9.74. The van der Waals surface area contributed by atoms with Gasteiger partial charge in [0.25, 0.3) is 0 Å². The first kappa shape index (κ1) is 38.2. The Kier molecular flexibility index (Phi) is 10.8. The van der Waals surface area contributed by atoms with Crippen molar-refractivity contribution in [3.63, 3.8) is 0 Å². The number of furan rings is 1. The summed E-state index contributed by atoms with van der Waals surface area (Å²) in [5.41, 5.74) is 11.2. The van der Waals surface area contributed by atoms with Gasteiger partial charge in [-0.1, -0.05) is 111 Å². The number of para-hydroxylation sites is 4. The molecule has 0 N–H and O–H groups in total. The zero-order valence-corrected chi connectivity index (χ0v) is 36.5. The molecule has 0 fully saturated rings. The third kappa shape index (κ3) is 7.62. The average molecular weight is 955 g/mol. The molecule has 0 aliphatic carbocycles. The van der Waals surface area contributed by atoms with Crippen molar-refractivity contribution in [3.8, 4) is 39.5 Å². The minimum atomic E-state index is -1.72. The molecule has 0 aliphatic rings. The molecule has 0 unspecified atom stereocenters. The van der Waals surface area contributed by atoms with E-state index in [2.05, 4.69) is 157 Å². The van der Waals surface area contributed by atoms with Crippen molar-refractivity contribution >= 4 is 50.6 Å². The van der Waals surface area contributed by atoms with E-state index in [9.17, 15) is 0 Å². The Morgan fingerprint density at radius 3 is 2.15 bits per heavy atom.